The van der Waals surface area contributed by atoms with Crippen molar-refractivity contribution < 1.29 is 4.79 Å². The van der Waals surface area contributed by atoms with Crippen LogP contribution in [0.1, 0.15) is 18.5 Å². The SMILES string of the molecule is CC(=O)Nc1ccc([C@H]2CNCCN2)cc1. The summed E-state index contributed by atoms with van der Waals surface area (Å²) >= 11 is 0. The maximum atomic E-state index is 10.9. The van der Waals surface area contributed by atoms with E-state index in [4.69, 9.17) is 0 Å². The minimum atomic E-state index is -0.0368. The molecule has 0 aliphatic carbocycles. The Labute approximate surface area is 95.4 Å². The molecular weight excluding hydrogens is 202 g/mol. The third-order valence-electron chi connectivity index (χ3n) is 2.67. The number of amides is 1. The van der Waals surface area contributed by atoms with Gasteiger partial charge in [0.2, 0.25) is 5.91 Å². The number of piperazine rings is 1. The Bertz CT molecular complexity index is 355. The molecule has 0 radical (unpaired) electrons. The summed E-state index contributed by atoms with van der Waals surface area (Å²) in [5.41, 5.74) is 2.10. The van der Waals surface area contributed by atoms with E-state index >= 15 is 0 Å². The van der Waals surface area contributed by atoms with Crippen molar-refractivity contribution in [2.45, 2.75) is 13.0 Å². The van der Waals surface area contributed by atoms with E-state index in [1.54, 1.807) is 0 Å². The lowest BCUT2D eigenvalue weighted by Crippen LogP contribution is -2.42. The first kappa shape index (κ1) is 11.1. The second-order valence-corrected chi connectivity index (χ2v) is 4.01. The number of carbonyl (C=O) groups excluding carboxylic acids is 1. The molecule has 0 unspecified atom stereocenters. The van der Waals surface area contributed by atoms with Gasteiger partial charge in [0, 0.05) is 38.3 Å². The van der Waals surface area contributed by atoms with Gasteiger partial charge >= 0.3 is 0 Å². The predicted molar refractivity (Wildman–Crippen MR) is 64.4 cm³/mol. The molecule has 4 heteroatoms. The molecule has 86 valence electrons. The third kappa shape index (κ3) is 2.81. The van der Waals surface area contributed by atoms with Gasteiger partial charge in [-0.1, -0.05) is 12.1 Å². The van der Waals surface area contributed by atoms with Gasteiger partial charge in [0.05, 0.1) is 0 Å². The Morgan fingerprint density at radius 2 is 2.06 bits per heavy atom. The molecule has 0 saturated carbocycles. The fraction of sp³-hybridized carbons (Fsp3) is 0.417. The summed E-state index contributed by atoms with van der Waals surface area (Å²) in [6.45, 7) is 4.50. The number of benzene rings is 1. The van der Waals surface area contributed by atoms with Crippen LogP contribution in [0.4, 0.5) is 5.69 Å². The van der Waals surface area contributed by atoms with E-state index in [1.165, 1.54) is 12.5 Å². The van der Waals surface area contributed by atoms with Crippen molar-refractivity contribution >= 4 is 11.6 Å². The van der Waals surface area contributed by atoms with Crippen molar-refractivity contribution in [3.05, 3.63) is 29.8 Å². The van der Waals surface area contributed by atoms with E-state index in [9.17, 15) is 4.79 Å². The minimum Gasteiger partial charge on any atom is -0.326 e. The number of rotatable bonds is 2. The summed E-state index contributed by atoms with van der Waals surface area (Å²) in [6, 6.07) is 8.35. The van der Waals surface area contributed by atoms with Crippen molar-refractivity contribution in [1.82, 2.24) is 10.6 Å². The molecular formula is C12H17N3O. The molecule has 1 aromatic carbocycles. The lowest BCUT2D eigenvalue weighted by molar-refractivity contribution is -0.114. The summed E-state index contributed by atoms with van der Waals surface area (Å²) in [4.78, 5) is 10.9. The minimum absolute atomic E-state index is 0.0368. The zero-order chi connectivity index (χ0) is 11.4. The van der Waals surface area contributed by atoms with Crippen LogP contribution in [0, 0.1) is 0 Å². The number of hydrogen-bond donors (Lipinski definition) is 3. The molecule has 1 saturated heterocycles. The van der Waals surface area contributed by atoms with Crippen molar-refractivity contribution in [2.75, 3.05) is 25.0 Å². The van der Waals surface area contributed by atoms with E-state index < -0.39 is 0 Å². The van der Waals surface area contributed by atoms with Gasteiger partial charge in [0.1, 0.15) is 0 Å². The summed E-state index contributed by atoms with van der Waals surface area (Å²) in [5, 5.41) is 9.55. The van der Waals surface area contributed by atoms with Crippen molar-refractivity contribution in [3.8, 4) is 0 Å². The molecule has 1 atom stereocenters. The maximum absolute atomic E-state index is 10.9. The van der Waals surface area contributed by atoms with Crippen molar-refractivity contribution in [3.63, 3.8) is 0 Å². The second kappa shape index (κ2) is 5.09. The lowest BCUT2D eigenvalue weighted by atomic mass is 10.1. The van der Waals surface area contributed by atoms with Gasteiger partial charge in [-0.2, -0.15) is 0 Å². The first-order valence-electron chi connectivity index (χ1n) is 5.57. The standard InChI is InChI=1S/C12H17N3O/c1-9(16)15-11-4-2-10(3-5-11)12-8-13-6-7-14-12/h2-5,12-14H,6-8H2,1H3,(H,15,16)/t12-/m1/s1. The molecule has 1 aliphatic rings. The second-order valence-electron chi connectivity index (χ2n) is 4.01. The van der Waals surface area contributed by atoms with Gasteiger partial charge in [-0.05, 0) is 17.7 Å². The van der Waals surface area contributed by atoms with Crippen LogP contribution < -0.4 is 16.0 Å². The highest BCUT2D eigenvalue weighted by atomic mass is 16.1. The molecule has 16 heavy (non-hydrogen) atoms. The number of hydrogen-bond acceptors (Lipinski definition) is 3. The van der Waals surface area contributed by atoms with Gasteiger partial charge < -0.3 is 16.0 Å². The molecule has 1 amide bonds. The summed E-state index contributed by atoms with van der Waals surface area (Å²) in [6.07, 6.45) is 0. The van der Waals surface area contributed by atoms with Crippen molar-refractivity contribution in [2.24, 2.45) is 0 Å². The summed E-state index contributed by atoms with van der Waals surface area (Å²) in [5.74, 6) is -0.0368. The average molecular weight is 219 g/mol. The Morgan fingerprint density at radius 1 is 1.31 bits per heavy atom. The van der Waals surface area contributed by atoms with Gasteiger partial charge in [-0.25, -0.2) is 0 Å². The summed E-state index contributed by atoms with van der Waals surface area (Å²) < 4.78 is 0. The topological polar surface area (TPSA) is 53.2 Å². The fourth-order valence-corrected chi connectivity index (χ4v) is 1.89. The third-order valence-corrected chi connectivity index (χ3v) is 2.67. The quantitative estimate of drug-likeness (QED) is 0.692. The Kier molecular flexibility index (Phi) is 3.54. The molecule has 0 spiro atoms. The fourth-order valence-electron chi connectivity index (χ4n) is 1.89. The monoisotopic (exact) mass is 219 g/mol. The summed E-state index contributed by atoms with van der Waals surface area (Å²) in [7, 11) is 0. The Morgan fingerprint density at radius 3 is 2.62 bits per heavy atom. The van der Waals surface area contributed by atoms with E-state index in [-0.39, 0.29) is 5.91 Å². The van der Waals surface area contributed by atoms with Gasteiger partial charge in [0.25, 0.3) is 0 Å². The van der Waals surface area contributed by atoms with Crippen LogP contribution in [0.25, 0.3) is 0 Å². The number of carbonyl (C=O) groups is 1. The van der Waals surface area contributed by atoms with Crippen LogP contribution in [0.3, 0.4) is 0 Å². The smallest absolute Gasteiger partial charge is 0.221 e. The van der Waals surface area contributed by atoms with E-state index in [2.05, 4.69) is 28.1 Å². The highest BCUT2D eigenvalue weighted by Gasteiger charge is 2.13. The number of nitrogens with one attached hydrogen (secondary N) is 3. The first-order chi connectivity index (χ1) is 7.75. The predicted octanol–water partition coefficient (Wildman–Crippen LogP) is 0.879. The normalized spacial score (nSPS) is 20.4. The Hall–Kier alpha value is -1.39. The molecule has 1 aliphatic heterocycles. The largest absolute Gasteiger partial charge is 0.326 e. The van der Waals surface area contributed by atoms with Gasteiger partial charge in [0.15, 0.2) is 0 Å². The molecule has 0 aromatic heterocycles. The van der Waals surface area contributed by atoms with E-state index in [0.717, 1.165) is 25.3 Å². The molecule has 1 fully saturated rings. The Balaban J connectivity index is 2.03. The van der Waals surface area contributed by atoms with Gasteiger partial charge in [-0.15, -0.1) is 0 Å². The van der Waals surface area contributed by atoms with E-state index in [1.807, 2.05) is 12.1 Å². The highest BCUT2D eigenvalue weighted by molar-refractivity contribution is 5.88. The molecule has 0 bridgehead atoms. The zero-order valence-corrected chi connectivity index (χ0v) is 9.42. The van der Waals surface area contributed by atoms with Gasteiger partial charge in [-0.3, -0.25) is 4.79 Å². The molecule has 2 rings (SSSR count). The van der Waals surface area contributed by atoms with Crippen LogP contribution in [-0.2, 0) is 4.79 Å². The average Bonchev–Trinajstić information content (AvgIpc) is 2.30. The lowest BCUT2D eigenvalue weighted by Gasteiger charge is -2.24. The first-order valence-corrected chi connectivity index (χ1v) is 5.57. The van der Waals surface area contributed by atoms with Crippen LogP contribution in [0.15, 0.2) is 24.3 Å². The van der Waals surface area contributed by atoms with Crippen LogP contribution in [-0.4, -0.2) is 25.5 Å². The maximum Gasteiger partial charge on any atom is 0.221 e. The van der Waals surface area contributed by atoms with Crippen molar-refractivity contribution in [1.29, 1.82) is 0 Å². The number of anilines is 1. The zero-order valence-electron chi connectivity index (χ0n) is 9.42. The highest BCUT2D eigenvalue weighted by Crippen LogP contribution is 2.16. The molecule has 1 aromatic rings. The molecule has 4 nitrogen and oxygen atoms in total. The van der Waals surface area contributed by atoms with Crippen LogP contribution in [0.2, 0.25) is 0 Å². The van der Waals surface area contributed by atoms with Crippen LogP contribution >= 0.6 is 0 Å². The molecule has 1 heterocycles. The van der Waals surface area contributed by atoms with Crippen LogP contribution in [0.5, 0.6) is 0 Å². The van der Waals surface area contributed by atoms with E-state index in [0.29, 0.717) is 6.04 Å². The molecule has 3 N–H and O–H groups in total.